The number of aliphatic hydroxyl groups is 1. The number of nitrogens with zero attached hydrogens (tertiary/aromatic N) is 1. The van der Waals surface area contributed by atoms with Crippen LogP contribution in [-0.2, 0) is 6.54 Å². The largest absolute Gasteiger partial charge is 0.394 e. The number of halogens is 1. The molecule has 0 aliphatic carbocycles. The molecule has 0 aliphatic heterocycles. The molecule has 0 heterocycles. The minimum Gasteiger partial charge on any atom is -0.394 e. The lowest BCUT2D eigenvalue weighted by Crippen LogP contribution is -2.44. The molecule has 100 valence electrons. The second kappa shape index (κ2) is 6.13. The van der Waals surface area contributed by atoms with Gasteiger partial charge in [-0.15, -0.1) is 0 Å². The van der Waals surface area contributed by atoms with Crippen molar-refractivity contribution in [2.75, 3.05) is 6.61 Å². The predicted molar refractivity (Wildman–Crippen MR) is 70.7 cm³/mol. The molecule has 18 heavy (non-hydrogen) atoms. The van der Waals surface area contributed by atoms with E-state index in [1.807, 2.05) is 13.8 Å². The first kappa shape index (κ1) is 14.9. The molecule has 5 nitrogen and oxygen atoms in total. The van der Waals surface area contributed by atoms with Gasteiger partial charge in [-0.25, -0.2) is 0 Å². The van der Waals surface area contributed by atoms with Crippen LogP contribution in [0.1, 0.15) is 25.8 Å². The maximum atomic E-state index is 10.7. The van der Waals surface area contributed by atoms with Crippen LogP contribution in [0, 0.1) is 10.1 Å². The highest BCUT2D eigenvalue weighted by molar-refractivity contribution is 6.32. The molecule has 6 heteroatoms. The lowest BCUT2D eigenvalue weighted by atomic mass is 10.00. The number of nitro benzene ring substituents is 1. The van der Waals surface area contributed by atoms with E-state index in [-0.39, 0.29) is 22.9 Å². The van der Waals surface area contributed by atoms with Crippen LogP contribution in [0.2, 0.25) is 5.02 Å². The summed E-state index contributed by atoms with van der Waals surface area (Å²) in [6, 6.07) is 4.69. The Balaban J connectivity index is 2.80. The standard InChI is InChI=1S/C12H17ClN2O3/c1-3-12(2,8-16)14-7-9-4-5-10(13)11(6-9)15(17)18/h4-6,14,16H,3,7-8H2,1-2H3. The van der Waals surface area contributed by atoms with Gasteiger partial charge in [-0.05, 0) is 25.0 Å². The fourth-order valence-electron chi connectivity index (χ4n) is 1.42. The molecule has 1 atom stereocenters. The smallest absolute Gasteiger partial charge is 0.288 e. The number of hydrogen-bond donors (Lipinski definition) is 2. The Morgan fingerprint density at radius 1 is 1.56 bits per heavy atom. The summed E-state index contributed by atoms with van der Waals surface area (Å²) < 4.78 is 0. The second-order valence-electron chi connectivity index (χ2n) is 4.47. The highest BCUT2D eigenvalue weighted by atomic mass is 35.5. The Morgan fingerprint density at radius 3 is 2.72 bits per heavy atom. The van der Waals surface area contributed by atoms with Crippen molar-refractivity contribution in [1.82, 2.24) is 5.32 Å². The van der Waals surface area contributed by atoms with Gasteiger partial charge in [-0.3, -0.25) is 10.1 Å². The van der Waals surface area contributed by atoms with Crippen LogP contribution < -0.4 is 5.32 Å². The Kier molecular flexibility index (Phi) is 5.07. The van der Waals surface area contributed by atoms with Crippen LogP contribution in [0.3, 0.4) is 0 Å². The molecule has 1 unspecified atom stereocenters. The molecular formula is C12H17ClN2O3. The molecule has 0 radical (unpaired) electrons. The average Bonchev–Trinajstić information content (AvgIpc) is 2.37. The molecule has 0 aliphatic rings. The third-order valence-electron chi connectivity index (χ3n) is 3.06. The molecule has 0 fully saturated rings. The number of rotatable bonds is 6. The van der Waals surface area contributed by atoms with Crippen LogP contribution in [0.15, 0.2) is 18.2 Å². The van der Waals surface area contributed by atoms with Crippen molar-refractivity contribution in [3.63, 3.8) is 0 Å². The molecule has 2 N–H and O–H groups in total. The van der Waals surface area contributed by atoms with Gasteiger partial charge in [0, 0.05) is 18.2 Å². The number of nitro groups is 1. The number of hydrogen-bond acceptors (Lipinski definition) is 4. The summed E-state index contributed by atoms with van der Waals surface area (Å²) in [5.41, 5.74) is 0.284. The predicted octanol–water partition coefficient (Wildman–Crippen LogP) is 2.50. The maximum absolute atomic E-state index is 10.7. The van der Waals surface area contributed by atoms with Crippen LogP contribution in [-0.4, -0.2) is 22.2 Å². The van der Waals surface area contributed by atoms with Gasteiger partial charge in [-0.1, -0.05) is 24.6 Å². The Bertz CT molecular complexity index is 433. The summed E-state index contributed by atoms with van der Waals surface area (Å²) in [4.78, 5) is 10.2. The summed E-state index contributed by atoms with van der Waals surface area (Å²) in [5, 5.41) is 23.3. The summed E-state index contributed by atoms with van der Waals surface area (Å²) >= 11 is 5.73. The summed E-state index contributed by atoms with van der Waals surface area (Å²) in [7, 11) is 0. The van der Waals surface area contributed by atoms with E-state index >= 15 is 0 Å². The van der Waals surface area contributed by atoms with E-state index in [2.05, 4.69) is 5.32 Å². The molecule has 0 aromatic heterocycles. The molecule has 1 rings (SSSR count). The molecular weight excluding hydrogens is 256 g/mol. The minimum absolute atomic E-state index is 0.0131. The third-order valence-corrected chi connectivity index (χ3v) is 3.38. The van der Waals surface area contributed by atoms with E-state index < -0.39 is 4.92 Å². The van der Waals surface area contributed by atoms with E-state index in [4.69, 9.17) is 11.6 Å². The van der Waals surface area contributed by atoms with Crippen molar-refractivity contribution >= 4 is 17.3 Å². The molecule has 0 saturated carbocycles. The van der Waals surface area contributed by atoms with Gasteiger partial charge in [0.2, 0.25) is 0 Å². The molecule has 1 aromatic carbocycles. The number of benzene rings is 1. The van der Waals surface area contributed by atoms with Crippen LogP contribution in [0.5, 0.6) is 0 Å². The van der Waals surface area contributed by atoms with Gasteiger partial charge in [0.1, 0.15) is 5.02 Å². The quantitative estimate of drug-likeness (QED) is 0.616. The topological polar surface area (TPSA) is 75.4 Å². The monoisotopic (exact) mass is 272 g/mol. The minimum atomic E-state index is -0.503. The first-order valence-corrected chi connectivity index (χ1v) is 6.08. The molecule has 0 spiro atoms. The fraction of sp³-hybridized carbons (Fsp3) is 0.500. The Hall–Kier alpha value is -1.17. The van der Waals surface area contributed by atoms with E-state index in [0.29, 0.717) is 6.54 Å². The highest BCUT2D eigenvalue weighted by Gasteiger charge is 2.20. The van der Waals surface area contributed by atoms with Gasteiger partial charge in [0.25, 0.3) is 5.69 Å². The van der Waals surface area contributed by atoms with E-state index in [0.717, 1.165) is 12.0 Å². The zero-order valence-electron chi connectivity index (χ0n) is 10.4. The zero-order valence-corrected chi connectivity index (χ0v) is 11.2. The third kappa shape index (κ3) is 3.66. The van der Waals surface area contributed by atoms with E-state index in [1.54, 1.807) is 6.07 Å². The summed E-state index contributed by atoms with van der Waals surface area (Å²) in [6.45, 7) is 4.33. The molecule has 0 amide bonds. The second-order valence-corrected chi connectivity index (χ2v) is 4.88. The Morgan fingerprint density at radius 2 is 2.22 bits per heavy atom. The van der Waals surface area contributed by atoms with Crippen molar-refractivity contribution in [2.24, 2.45) is 0 Å². The number of nitrogens with one attached hydrogen (secondary N) is 1. The van der Waals surface area contributed by atoms with E-state index in [9.17, 15) is 15.2 Å². The van der Waals surface area contributed by atoms with Crippen molar-refractivity contribution in [2.45, 2.75) is 32.4 Å². The highest BCUT2D eigenvalue weighted by Crippen LogP contribution is 2.25. The summed E-state index contributed by atoms with van der Waals surface area (Å²) in [5.74, 6) is 0. The first-order valence-electron chi connectivity index (χ1n) is 5.70. The van der Waals surface area contributed by atoms with Crippen LogP contribution in [0.25, 0.3) is 0 Å². The molecule has 0 saturated heterocycles. The SMILES string of the molecule is CCC(C)(CO)NCc1ccc(Cl)c([N+](=O)[O-])c1. The van der Waals surface area contributed by atoms with Gasteiger partial charge < -0.3 is 10.4 Å². The molecule has 1 aromatic rings. The molecule has 0 bridgehead atoms. The average molecular weight is 273 g/mol. The number of aliphatic hydroxyl groups excluding tert-OH is 1. The fourth-order valence-corrected chi connectivity index (χ4v) is 1.60. The first-order chi connectivity index (χ1) is 8.41. The normalized spacial score (nSPS) is 14.2. The van der Waals surface area contributed by atoms with Crippen molar-refractivity contribution in [3.05, 3.63) is 38.9 Å². The van der Waals surface area contributed by atoms with Crippen molar-refractivity contribution in [1.29, 1.82) is 0 Å². The van der Waals surface area contributed by atoms with Crippen molar-refractivity contribution < 1.29 is 10.0 Å². The van der Waals surface area contributed by atoms with Gasteiger partial charge in [-0.2, -0.15) is 0 Å². The lowest BCUT2D eigenvalue weighted by molar-refractivity contribution is -0.384. The summed E-state index contributed by atoms with van der Waals surface area (Å²) in [6.07, 6.45) is 0.763. The van der Waals surface area contributed by atoms with Gasteiger partial charge in [0.15, 0.2) is 0 Å². The Labute approximate surface area is 111 Å². The van der Waals surface area contributed by atoms with Crippen molar-refractivity contribution in [3.8, 4) is 0 Å². The lowest BCUT2D eigenvalue weighted by Gasteiger charge is -2.27. The van der Waals surface area contributed by atoms with E-state index in [1.165, 1.54) is 12.1 Å². The van der Waals surface area contributed by atoms with Gasteiger partial charge in [0.05, 0.1) is 11.5 Å². The van der Waals surface area contributed by atoms with Crippen LogP contribution >= 0.6 is 11.6 Å². The zero-order chi connectivity index (χ0) is 13.8. The van der Waals surface area contributed by atoms with Gasteiger partial charge >= 0.3 is 0 Å². The van der Waals surface area contributed by atoms with Crippen LogP contribution in [0.4, 0.5) is 5.69 Å². The maximum Gasteiger partial charge on any atom is 0.288 e.